The van der Waals surface area contributed by atoms with Crippen molar-refractivity contribution < 1.29 is 9.90 Å². The summed E-state index contributed by atoms with van der Waals surface area (Å²) in [6.45, 7) is 4.06. The SMILES string of the molecule is Cn1ccc(C(=O)N2C[C@H]3CN(Cc4ccccc4)C[C@@]3(CO)C2)n1. The van der Waals surface area contributed by atoms with Crippen molar-refractivity contribution in [2.45, 2.75) is 6.54 Å². The van der Waals surface area contributed by atoms with Crippen molar-refractivity contribution >= 4 is 5.91 Å². The highest BCUT2D eigenvalue weighted by Gasteiger charge is 2.53. The molecule has 1 amide bonds. The fourth-order valence-corrected chi connectivity index (χ4v) is 4.32. The summed E-state index contributed by atoms with van der Waals surface area (Å²) < 4.78 is 1.65. The van der Waals surface area contributed by atoms with Gasteiger partial charge in [0.25, 0.3) is 5.91 Å². The van der Waals surface area contributed by atoms with Gasteiger partial charge in [0.15, 0.2) is 0 Å². The van der Waals surface area contributed by atoms with Crippen molar-refractivity contribution in [3.63, 3.8) is 0 Å². The van der Waals surface area contributed by atoms with Gasteiger partial charge < -0.3 is 10.0 Å². The minimum atomic E-state index is -0.209. The number of hydrogen-bond donors (Lipinski definition) is 1. The smallest absolute Gasteiger partial charge is 0.274 e. The fourth-order valence-electron chi connectivity index (χ4n) is 4.32. The Kier molecular flexibility index (Phi) is 4.09. The normalized spacial score (nSPS) is 26.2. The largest absolute Gasteiger partial charge is 0.396 e. The summed E-state index contributed by atoms with van der Waals surface area (Å²) in [4.78, 5) is 16.9. The first-order chi connectivity index (χ1) is 12.1. The zero-order valence-corrected chi connectivity index (χ0v) is 14.5. The molecule has 2 aromatic rings. The maximum atomic E-state index is 12.7. The number of likely N-dealkylation sites (tertiary alicyclic amines) is 2. The van der Waals surface area contributed by atoms with Crippen LogP contribution in [-0.4, -0.2) is 63.4 Å². The van der Waals surface area contributed by atoms with Gasteiger partial charge in [0.05, 0.1) is 6.61 Å². The molecular weight excluding hydrogens is 316 g/mol. The molecule has 3 heterocycles. The predicted octanol–water partition coefficient (Wildman–Crippen LogP) is 0.987. The van der Waals surface area contributed by atoms with Crippen molar-refractivity contribution in [3.05, 3.63) is 53.9 Å². The molecular formula is C19H24N4O2. The second-order valence-electron chi connectivity index (χ2n) is 7.43. The number of hydrogen-bond acceptors (Lipinski definition) is 4. The van der Waals surface area contributed by atoms with E-state index in [1.807, 2.05) is 18.0 Å². The van der Waals surface area contributed by atoms with Gasteiger partial charge in [0, 0.05) is 51.4 Å². The number of fused-ring (bicyclic) bond motifs is 1. The molecule has 2 atom stereocenters. The van der Waals surface area contributed by atoms with Gasteiger partial charge >= 0.3 is 0 Å². The summed E-state index contributed by atoms with van der Waals surface area (Å²) in [5.41, 5.74) is 1.56. The third-order valence-corrected chi connectivity index (χ3v) is 5.61. The second-order valence-corrected chi connectivity index (χ2v) is 7.43. The molecule has 0 spiro atoms. The standard InChI is InChI=1S/C19H24N4O2/c1-21-8-7-17(20-21)18(25)23-11-16-10-22(12-19(16,13-23)14-24)9-15-5-3-2-4-6-15/h2-8,16,24H,9-14H2,1H3/t16-,19+/m1/s1. The third kappa shape index (κ3) is 2.96. The van der Waals surface area contributed by atoms with Gasteiger partial charge in [0.1, 0.15) is 5.69 Å². The maximum absolute atomic E-state index is 12.7. The number of amides is 1. The van der Waals surface area contributed by atoms with Crippen molar-refractivity contribution in [2.24, 2.45) is 18.4 Å². The highest BCUT2D eigenvalue weighted by molar-refractivity contribution is 5.92. The number of carbonyl (C=O) groups excluding carboxylic acids is 1. The lowest BCUT2D eigenvalue weighted by Crippen LogP contribution is -2.39. The molecule has 1 N–H and O–H groups in total. The van der Waals surface area contributed by atoms with Crippen LogP contribution in [-0.2, 0) is 13.6 Å². The lowest BCUT2D eigenvalue weighted by atomic mass is 9.82. The first kappa shape index (κ1) is 16.3. The molecule has 6 heteroatoms. The Hall–Kier alpha value is -2.18. The summed E-state index contributed by atoms with van der Waals surface area (Å²) in [6.07, 6.45) is 1.79. The van der Waals surface area contributed by atoms with Gasteiger partial charge in [-0.2, -0.15) is 5.10 Å². The molecule has 2 aliphatic rings. The van der Waals surface area contributed by atoms with Crippen LogP contribution in [0.3, 0.4) is 0 Å². The van der Waals surface area contributed by atoms with E-state index < -0.39 is 0 Å². The summed E-state index contributed by atoms with van der Waals surface area (Å²) in [5, 5.41) is 14.3. The fraction of sp³-hybridized carbons (Fsp3) is 0.474. The van der Waals surface area contributed by atoms with Crippen LogP contribution < -0.4 is 0 Å². The average Bonchev–Trinajstić information content (AvgIpc) is 3.27. The van der Waals surface area contributed by atoms with Crippen LogP contribution in [0, 0.1) is 11.3 Å². The summed E-state index contributed by atoms with van der Waals surface area (Å²) in [5.74, 6) is 0.284. The Morgan fingerprint density at radius 2 is 2.04 bits per heavy atom. The molecule has 25 heavy (non-hydrogen) atoms. The van der Waals surface area contributed by atoms with E-state index in [0.29, 0.717) is 24.7 Å². The van der Waals surface area contributed by atoms with Crippen molar-refractivity contribution in [2.75, 3.05) is 32.8 Å². The number of benzene rings is 1. The number of aryl methyl sites for hydroxylation is 1. The van der Waals surface area contributed by atoms with E-state index in [1.165, 1.54) is 5.56 Å². The van der Waals surface area contributed by atoms with E-state index in [9.17, 15) is 9.90 Å². The Morgan fingerprint density at radius 3 is 2.68 bits per heavy atom. The van der Waals surface area contributed by atoms with Gasteiger partial charge in [-0.15, -0.1) is 0 Å². The molecule has 0 radical (unpaired) electrons. The zero-order chi connectivity index (χ0) is 17.4. The van der Waals surface area contributed by atoms with Crippen LogP contribution in [0.15, 0.2) is 42.6 Å². The van der Waals surface area contributed by atoms with Crippen LogP contribution in [0.1, 0.15) is 16.1 Å². The number of aromatic nitrogens is 2. The second kappa shape index (κ2) is 6.28. The Labute approximate surface area is 147 Å². The molecule has 0 bridgehead atoms. The molecule has 1 aromatic heterocycles. The lowest BCUT2D eigenvalue weighted by Gasteiger charge is -2.27. The number of aliphatic hydroxyl groups is 1. The van der Waals surface area contributed by atoms with Crippen LogP contribution in [0.4, 0.5) is 0 Å². The molecule has 2 saturated heterocycles. The monoisotopic (exact) mass is 340 g/mol. The van der Waals surface area contributed by atoms with E-state index in [4.69, 9.17) is 0 Å². The Bertz CT molecular complexity index is 760. The number of nitrogens with zero attached hydrogens (tertiary/aromatic N) is 4. The predicted molar refractivity (Wildman–Crippen MR) is 93.8 cm³/mol. The van der Waals surface area contributed by atoms with Crippen LogP contribution in [0.2, 0.25) is 0 Å². The van der Waals surface area contributed by atoms with E-state index in [1.54, 1.807) is 16.9 Å². The summed E-state index contributed by atoms with van der Waals surface area (Å²) >= 11 is 0. The first-order valence-corrected chi connectivity index (χ1v) is 8.76. The third-order valence-electron chi connectivity index (χ3n) is 5.61. The van der Waals surface area contributed by atoms with Gasteiger partial charge in [-0.05, 0) is 17.5 Å². The number of aliphatic hydroxyl groups excluding tert-OH is 1. The minimum Gasteiger partial charge on any atom is -0.396 e. The Morgan fingerprint density at radius 1 is 1.24 bits per heavy atom. The number of rotatable bonds is 4. The molecule has 0 aliphatic carbocycles. The van der Waals surface area contributed by atoms with Gasteiger partial charge in [-0.25, -0.2) is 0 Å². The zero-order valence-electron chi connectivity index (χ0n) is 14.5. The first-order valence-electron chi connectivity index (χ1n) is 8.76. The maximum Gasteiger partial charge on any atom is 0.274 e. The van der Waals surface area contributed by atoms with Crippen molar-refractivity contribution in [3.8, 4) is 0 Å². The van der Waals surface area contributed by atoms with Gasteiger partial charge in [-0.3, -0.25) is 14.4 Å². The molecule has 0 unspecified atom stereocenters. The van der Waals surface area contributed by atoms with Gasteiger partial charge in [0.2, 0.25) is 0 Å². The molecule has 2 aliphatic heterocycles. The number of carbonyl (C=O) groups is 1. The highest BCUT2D eigenvalue weighted by atomic mass is 16.3. The van der Waals surface area contributed by atoms with Crippen LogP contribution in [0.5, 0.6) is 0 Å². The summed E-state index contributed by atoms with van der Waals surface area (Å²) in [7, 11) is 1.81. The molecule has 2 fully saturated rings. The highest BCUT2D eigenvalue weighted by Crippen LogP contribution is 2.42. The Balaban J connectivity index is 1.45. The lowest BCUT2D eigenvalue weighted by molar-refractivity contribution is 0.0712. The molecule has 132 valence electrons. The molecule has 4 rings (SSSR count). The van der Waals surface area contributed by atoms with E-state index in [-0.39, 0.29) is 17.9 Å². The quantitative estimate of drug-likeness (QED) is 0.902. The van der Waals surface area contributed by atoms with E-state index in [0.717, 1.165) is 19.6 Å². The topological polar surface area (TPSA) is 61.6 Å². The minimum absolute atomic E-state index is 0.0302. The average molecular weight is 340 g/mol. The van der Waals surface area contributed by atoms with Crippen LogP contribution in [0.25, 0.3) is 0 Å². The van der Waals surface area contributed by atoms with Crippen molar-refractivity contribution in [1.29, 1.82) is 0 Å². The molecule has 0 saturated carbocycles. The van der Waals surface area contributed by atoms with Gasteiger partial charge in [-0.1, -0.05) is 30.3 Å². The van der Waals surface area contributed by atoms with E-state index >= 15 is 0 Å². The van der Waals surface area contributed by atoms with Crippen LogP contribution >= 0.6 is 0 Å². The van der Waals surface area contributed by atoms with E-state index in [2.05, 4.69) is 34.3 Å². The summed E-state index contributed by atoms with van der Waals surface area (Å²) in [6, 6.07) is 12.2. The van der Waals surface area contributed by atoms with Crippen molar-refractivity contribution in [1.82, 2.24) is 19.6 Å². The molecule has 6 nitrogen and oxygen atoms in total. The molecule has 1 aromatic carbocycles.